The fraction of sp³-hybridized carbons (Fsp3) is 0.133. The molecule has 114 valence electrons. The van der Waals surface area contributed by atoms with Crippen molar-refractivity contribution >= 4 is 21.7 Å². The van der Waals surface area contributed by atoms with Gasteiger partial charge in [0.05, 0.1) is 11.3 Å². The molecule has 1 heterocycles. The Bertz CT molecular complexity index is 864. The molecule has 0 saturated carbocycles. The molecule has 0 amide bonds. The summed E-state index contributed by atoms with van der Waals surface area (Å²) < 4.78 is 40.2. The average molecular weight is 321 g/mol. The molecule has 3 rings (SSSR count). The Labute approximate surface area is 126 Å². The number of carbonyl (C=O) groups is 1. The topological polar surface area (TPSA) is 74.7 Å². The van der Waals surface area contributed by atoms with Crippen LogP contribution in [0.2, 0.25) is 0 Å². The van der Waals surface area contributed by atoms with Gasteiger partial charge in [-0.1, -0.05) is 18.2 Å². The van der Waals surface area contributed by atoms with Crippen LogP contribution in [0, 0.1) is 5.82 Å². The quantitative estimate of drug-likeness (QED) is 0.941. The number of benzene rings is 2. The van der Waals surface area contributed by atoms with E-state index in [9.17, 15) is 22.7 Å². The van der Waals surface area contributed by atoms with E-state index in [1.165, 1.54) is 36.4 Å². The Balaban J connectivity index is 2.13. The highest BCUT2D eigenvalue weighted by molar-refractivity contribution is 7.92. The molecule has 0 atom stereocenters. The first-order valence-corrected chi connectivity index (χ1v) is 7.99. The fourth-order valence-corrected chi connectivity index (χ4v) is 4.19. The Hall–Kier alpha value is -2.41. The second-order valence-corrected chi connectivity index (χ2v) is 6.70. The SMILES string of the molecule is O=C(O)c1cccc2c1CCN2S(=O)(=O)c1ccccc1F. The maximum atomic E-state index is 13.8. The number of nitrogens with zero attached hydrogens (tertiary/aromatic N) is 1. The third-order valence-corrected chi connectivity index (χ3v) is 5.47. The lowest BCUT2D eigenvalue weighted by Gasteiger charge is -2.20. The van der Waals surface area contributed by atoms with Gasteiger partial charge >= 0.3 is 5.97 Å². The summed E-state index contributed by atoms with van der Waals surface area (Å²) in [5.41, 5.74) is 0.821. The molecule has 1 aliphatic heterocycles. The third kappa shape index (κ3) is 2.14. The van der Waals surface area contributed by atoms with Crippen LogP contribution in [0.25, 0.3) is 0 Å². The first-order chi connectivity index (χ1) is 10.4. The highest BCUT2D eigenvalue weighted by Gasteiger charge is 2.34. The number of rotatable bonds is 3. The summed E-state index contributed by atoms with van der Waals surface area (Å²) >= 11 is 0. The van der Waals surface area contributed by atoms with Crippen molar-refractivity contribution in [2.45, 2.75) is 11.3 Å². The highest BCUT2D eigenvalue weighted by atomic mass is 32.2. The number of anilines is 1. The van der Waals surface area contributed by atoms with Gasteiger partial charge in [0, 0.05) is 6.54 Å². The monoisotopic (exact) mass is 321 g/mol. The van der Waals surface area contributed by atoms with Gasteiger partial charge < -0.3 is 5.11 Å². The van der Waals surface area contributed by atoms with Crippen molar-refractivity contribution in [3.63, 3.8) is 0 Å². The molecular formula is C15H12FNO4S. The minimum atomic E-state index is -4.06. The van der Waals surface area contributed by atoms with E-state index in [4.69, 9.17) is 0 Å². The summed E-state index contributed by atoms with van der Waals surface area (Å²) in [6.07, 6.45) is 0.283. The predicted molar refractivity (Wildman–Crippen MR) is 78.0 cm³/mol. The molecule has 0 unspecified atom stereocenters. The van der Waals surface area contributed by atoms with Crippen LogP contribution in [-0.4, -0.2) is 26.0 Å². The van der Waals surface area contributed by atoms with Crippen LogP contribution in [0.3, 0.4) is 0 Å². The Morgan fingerprint density at radius 3 is 2.55 bits per heavy atom. The van der Waals surface area contributed by atoms with Crippen LogP contribution in [0.1, 0.15) is 15.9 Å². The number of sulfonamides is 1. The number of carboxylic acid groups (broad SMARTS) is 1. The van der Waals surface area contributed by atoms with Crippen molar-refractivity contribution in [3.8, 4) is 0 Å². The van der Waals surface area contributed by atoms with E-state index in [0.717, 1.165) is 10.4 Å². The number of aromatic carboxylic acids is 1. The van der Waals surface area contributed by atoms with Crippen molar-refractivity contribution in [1.82, 2.24) is 0 Å². The van der Waals surface area contributed by atoms with Crippen molar-refractivity contribution in [1.29, 1.82) is 0 Å². The number of hydrogen-bond donors (Lipinski definition) is 1. The first kappa shape index (κ1) is 14.5. The van der Waals surface area contributed by atoms with E-state index in [2.05, 4.69) is 0 Å². The zero-order chi connectivity index (χ0) is 15.9. The molecule has 0 bridgehead atoms. The van der Waals surface area contributed by atoms with Crippen molar-refractivity contribution in [2.24, 2.45) is 0 Å². The second kappa shape index (κ2) is 5.10. The lowest BCUT2D eigenvalue weighted by Crippen LogP contribution is -2.29. The summed E-state index contributed by atoms with van der Waals surface area (Å²) in [5, 5.41) is 9.17. The van der Waals surface area contributed by atoms with Gasteiger partial charge in [-0.2, -0.15) is 0 Å². The number of halogens is 1. The molecule has 5 nitrogen and oxygen atoms in total. The number of carboxylic acids is 1. The minimum Gasteiger partial charge on any atom is -0.478 e. The van der Waals surface area contributed by atoms with Gasteiger partial charge in [0.1, 0.15) is 10.7 Å². The molecule has 2 aromatic rings. The molecule has 0 radical (unpaired) electrons. The predicted octanol–water partition coefficient (Wildman–Crippen LogP) is 2.28. The molecule has 0 aliphatic carbocycles. The smallest absolute Gasteiger partial charge is 0.336 e. The lowest BCUT2D eigenvalue weighted by molar-refractivity contribution is 0.0696. The molecular weight excluding hydrogens is 309 g/mol. The van der Waals surface area contributed by atoms with Crippen molar-refractivity contribution in [3.05, 3.63) is 59.4 Å². The standard InChI is InChI=1S/C15H12FNO4S/c16-12-5-1-2-7-14(12)22(20,21)17-9-8-10-11(15(18)19)4-3-6-13(10)17/h1-7H,8-9H2,(H,18,19). The molecule has 1 N–H and O–H groups in total. The van der Waals surface area contributed by atoms with E-state index >= 15 is 0 Å². The average Bonchev–Trinajstić information content (AvgIpc) is 2.91. The third-order valence-electron chi connectivity index (χ3n) is 3.62. The normalized spacial score (nSPS) is 14.0. The summed E-state index contributed by atoms with van der Waals surface area (Å²) in [5.74, 6) is -1.94. The van der Waals surface area contributed by atoms with Gasteiger partial charge in [0.25, 0.3) is 10.0 Å². The van der Waals surface area contributed by atoms with E-state index < -0.39 is 26.7 Å². The zero-order valence-corrected chi connectivity index (χ0v) is 12.2. The van der Waals surface area contributed by atoms with Crippen LogP contribution in [0.5, 0.6) is 0 Å². The van der Waals surface area contributed by atoms with Gasteiger partial charge in [-0.15, -0.1) is 0 Å². The van der Waals surface area contributed by atoms with E-state index in [0.29, 0.717) is 11.3 Å². The summed E-state index contributed by atoms with van der Waals surface area (Å²) in [6, 6.07) is 9.59. The molecule has 22 heavy (non-hydrogen) atoms. The van der Waals surface area contributed by atoms with Gasteiger partial charge in [0.15, 0.2) is 0 Å². The first-order valence-electron chi connectivity index (χ1n) is 6.55. The molecule has 7 heteroatoms. The van der Waals surface area contributed by atoms with Gasteiger partial charge in [0.2, 0.25) is 0 Å². The summed E-state index contributed by atoms with van der Waals surface area (Å²) in [7, 11) is -4.06. The van der Waals surface area contributed by atoms with Crippen molar-refractivity contribution < 1.29 is 22.7 Å². The van der Waals surface area contributed by atoms with Crippen LogP contribution >= 0.6 is 0 Å². The van der Waals surface area contributed by atoms with Crippen molar-refractivity contribution in [2.75, 3.05) is 10.8 Å². The second-order valence-electron chi connectivity index (χ2n) is 4.87. The van der Waals surface area contributed by atoms with E-state index in [1.807, 2.05) is 0 Å². The van der Waals surface area contributed by atoms with E-state index in [1.54, 1.807) is 0 Å². The Kier molecular flexibility index (Phi) is 3.37. The molecule has 0 aromatic heterocycles. The fourth-order valence-electron chi connectivity index (χ4n) is 2.63. The highest BCUT2D eigenvalue weighted by Crippen LogP contribution is 2.35. The van der Waals surface area contributed by atoms with Gasteiger partial charge in [-0.05, 0) is 36.2 Å². The largest absolute Gasteiger partial charge is 0.478 e. The molecule has 0 fully saturated rings. The molecule has 0 spiro atoms. The molecule has 2 aromatic carbocycles. The Morgan fingerprint density at radius 1 is 1.14 bits per heavy atom. The van der Waals surface area contributed by atoms with Crippen LogP contribution < -0.4 is 4.31 Å². The van der Waals surface area contributed by atoms with Gasteiger partial charge in [-0.3, -0.25) is 4.31 Å². The number of fused-ring (bicyclic) bond motifs is 1. The van der Waals surface area contributed by atoms with E-state index in [-0.39, 0.29) is 18.5 Å². The van der Waals surface area contributed by atoms with Crippen LogP contribution in [0.15, 0.2) is 47.4 Å². The lowest BCUT2D eigenvalue weighted by atomic mass is 10.1. The number of hydrogen-bond acceptors (Lipinski definition) is 3. The van der Waals surface area contributed by atoms with Crippen LogP contribution in [0.4, 0.5) is 10.1 Å². The molecule has 1 aliphatic rings. The molecule has 0 saturated heterocycles. The maximum absolute atomic E-state index is 13.8. The maximum Gasteiger partial charge on any atom is 0.336 e. The zero-order valence-electron chi connectivity index (χ0n) is 11.4. The summed E-state index contributed by atoms with van der Waals surface area (Å²) in [4.78, 5) is 10.8. The van der Waals surface area contributed by atoms with Gasteiger partial charge in [-0.25, -0.2) is 17.6 Å². The van der Waals surface area contributed by atoms with Crippen LogP contribution in [-0.2, 0) is 16.4 Å². The summed E-state index contributed by atoms with van der Waals surface area (Å²) in [6.45, 7) is 0.0935. The Morgan fingerprint density at radius 2 is 1.86 bits per heavy atom. The minimum absolute atomic E-state index is 0.0729.